The van der Waals surface area contributed by atoms with E-state index < -0.39 is 38.4 Å². The molecule has 0 bridgehead atoms. The second-order valence-corrected chi connectivity index (χ2v) is 6.70. The van der Waals surface area contributed by atoms with Gasteiger partial charge in [-0.2, -0.15) is 30.6 Å². The molecule has 11 heteroatoms. The van der Waals surface area contributed by atoms with E-state index in [4.69, 9.17) is 4.74 Å². The van der Waals surface area contributed by atoms with Crippen molar-refractivity contribution in [3.63, 3.8) is 0 Å². The Morgan fingerprint density at radius 3 is 1.70 bits per heavy atom. The molecule has 0 spiro atoms. The molecule has 1 aliphatic rings. The molecule has 0 radical (unpaired) electrons. The molecule has 2 rings (SSSR count). The van der Waals surface area contributed by atoms with Crippen LogP contribution in [0.2, 0.25) is 0 Å². The van der Waals surface area contributed by atoms with Crippen LogP contribution in [0.3, 0.4) is 0 Å². The molecule has 1 aromatic carbocycles. The van der Waals surface area contributed by atoms with Crippen LogP contribution in [-0.4, -0.2) is 39.0 Å². The summed E-state index contributed by atoms with van der Waals surface area (Å²) in [4.78, 5) is -1.04. The highest BCUT2D eigenvalue weighted by atomic mass is 32.2. The number of ether oxygens (including phenoxy) is 1. The van der Waals surface area contributed by atoms with Crippen molar-refractivity contribution in [2.24, 2.45) is 0 Å². The minimum absolute atomic E-state index is 0.0182. The standard InChI is InChI=1S/C12H11F6NO3S/c13-11(14,15)8-5-9(12(16,17)18)7-10(6-8)23(20,21)19-1-3-22-4-2-19/h5-7H,1-4H2. The van der Waals surface area contributed by atoms with Crippen LogP contribution in [0.1, 0.15) is 11.1 Å². The highest BCUT2D eigenvalue weighted by Gasteiger charge is 2.39. The van der Waals surface area contributed by atoms with Gasteiger partial charge < -0.3 is 4.74 Å². The first-order valence-corrected chi connectivity index (χ1v) is 7.74. The van der Waals surface area contributed by atoms with Gasteiger partial charge in [0.1, 0.15) is 0 Å². The van der Waals surface area contributed by atoms with Crippen molar-refractivity contribution in [1.82, 2.24) is 4.31 Å². The molecule has 0 amide bonds. The van der Waals surface area contributed by atoms with E-state index in [2.05, 4.69) is 0 Å². The van der Waals surface area contributed by atoms with Crippen molar-refractivity contribution in [1.29, 1.82) is 0 Å². The summed E-state index contributed by atoms with van der Waals surface area (Å²) in [5.41, 5.74) is -3.33. The van der Waals surface area contributed by atoms with E-state index in [0.29, 0.717) is 0 Å². The summed E-state index contributed by atoms with van der Waals surface area (Å²) in [6, 6.07) is 0.304. The van der Waals surface area contributed by atoms with Crippen molar-refractivity contribution >= 4 is 10.0 Å². The number of sulfonamides is 1. The van der Waals surface area contributed by atoms with E-state index in [1.165, 1.54) is 0 Å². The Labute approximate surface area is 127 Å². The number of hydrogen-bond acceptors (Lipinski definition) is 3. The van der Waals surface area contributed by atoms with Gasteiger partial charge in [0.2, 0.25) is 10.0 Å². The molecule has 1 saturated heterocycles. The average molecular weight is 363 g/mol. The van der Waals surface area contributed by atoms with Gasteiger partial charge in [-0.3, -0.25) is 0 Å². The Kier molecular flexibility index (Phi) is 4.66. The van der Waals surface area contributed by atoms with Crippen molar-refractivity contribution < 1.29 is 39.5 Å². The van der Waals surface area contributed by atoms with Crippen molar-refractivity contribution in [3.8, 4) is 0 Å². The summed E-state index contributed by atoms with van der Waals surface area (Å²) < 4.78 is 107. The maximum absolute atomic E-state index is 12.8. The van der Waals surface area contributed by atoms with E-state index in [1.54, 1.807) is 0 Å². The van der Waals surface area contributed by atoms with Gasteiger partial charge >= 0.3 is 12.4 Å². The van der Waals surface area contributed by atoms with Crippen molar-refractivity contribution in [2.75, 3.05) is 26.3 Å². The number of hydrogen-bond donors (Lipinski definition) is 0. The molecule has 1 fully saturated rings. The number of nitrogens with zero attached hydrogens (tertiary/aromatic N) is 1. The molecule has 0 saturated carbocycles. The molecule has 1 aliphatic heterocycles. The van der Waals surface area contributed by atoms with Crippen LogP contribution in [0.5, 0.6) is 0 Å². The first-order chi connectivity index (χ1) is 10.4. The molecule has 1 aromatic rings. The molecule has 130 valence electrons. The Hall–Kier alpha value is -1.33. The summed E-state index contributed by atoms with van der Waals surface area (Å²) >= 11 is 0. The molecule has 0 unspecified atom stereocenters. The van der Waals surface area contributed by atoms with Crippen LogP contribution in [0, 0.1) is 0 Å². The SMILES string of the molecule is O=S(=O)(c1cc(C(F)(F)F)cc(C(F)(F)F)c1)N1CCOCC1. The largest absolute Gasteiger partial charge is 0.416 e. The third kappa shape index (κ3) is 3.96. The van der Waals surface area contributed by atoms with Gasteiger partial charge in [0.05, 0.1) is 29.2 Å². The summed E-state index contributed by atoms with van der Waals surface area (Å²) in [6.07, 6.45) is -10.2. The zero-order chi connectivity index (χ0) is 17.5. The van der Waals surface area contributed by atoms with Crippen molar-refractivity contribution in [2.45, 2.75) is 17.2 Å². The second-order valence-electron chi connectivity index (χ2n) is 4.76. The van der Waals surface area contributed by atoms with E-state index >= 15 is 0 Å². The maximum Gasteiger partial charge on any atom is 0.416 e. The minimum Gasteiger partial charge on any atom is -0.379 e. The third-order valence-corrected chi connectivity index (χ3v) is 5.05. The molecular formula is C12H11F6NO3S. The quantitative estimate of drug-likeness (QED) is 0.759. The van der Waals surface area contributed by atoms with Gasteiger partial charge in [-0.1, -0.05) is 0 Å². The van der Waals surface area contributed by atoms with Gasteiger partial charge in [-0.25, -0.2) is 8.42 Å². The lowest BCUT2D eigenvalue weighted by molar-refractivity contribution is -0.143. The lowest BCUT2D eigenvalue weighted by atomic mass is 10.1. The van der Waals surface area contributed by atoms with Gasteiger partial charge in [0.15, 0.2) is 0 Å². The van der Waals surface area contributed by atoms with Crippen LogP contribution in [-0.2, 0) is 27.1 Å². The Bertz CT molecular complexity index is 645. The second kappa shape index (κ2) is 5.95. The zero-order valence-electron chi connectivity index (χ0n) is 11.4. The minimum atomic E-state index is -5.10. The van der Waals surface area contributed by atoms with E-state index in [9.17, 15) is 34.8 Å². The highest BCUT2D eigenvalue weighted by molar-refractivity contribution is 7.89. The highest BCUT2D eigenvalue weighted by Crippen LogP contribution is 2.37. The Morgan fingerprint density at radius 1 is 0.870 bits per heavy atom. The average Bonchev–Trinajstić information content (AvgIpc) is 2.46. The topological polar surface area (TPSA) is 46.6 Å². The van der Waals surface area contributed by atoms with E-state index in [-0.39, 0.29) is 44.5 Å². The molecule has 0 aliphatic carbocycles. The van der Waals surface area contributed by atoms with Gasteiger partial charge in [-0.15, -0.1) is 0 Å². The van der Waals surface area contributed by atoms with Crippen LogP contribution in [0.15, 0.2) is 23.1 Å². The Balaban J connectivity index is 2.57. The Morgan fingerprint density at radius 2 is 1.30 bits per heavy atom. The fraction of sp³-hybridized carbons (Fsp3) is 0.500. The van der Waals surface area contributed by atoms with E-state index in [1.807, 2.05) is 0 Å². The predicted octanol–water partition coefficient (Wildman–Crippen LogP) is 2.75. The number of benzene rings is 1. The smallest absolute Gasteiger partial charge is 0.379 e. The van der Waals surface area contributed by atoms with Crippen LogP contribution < -0.4 is 0 Å². The van der Waals surface area contributed by atoms with Crippen LogP contribution in [0.25, 0.3) is 0 Å². The van der Waals surface area contributed by atoms with Gasteiger partial charge in [0.25, 0.3) is 0 Å². The number of morpholine rings is 1. The fourth-order valence-corrected chi connectivity index (χ4v) is 3.49. The molecular weight excluding hydrogens is 352 g/mol. The maximum atomic E-state index is 12.8. The van der Waals surface area contributed by atoms with Crippen LogP contribution in [0.4, 0.5) is 26.3 Å². The molecule has 4 nitrogen and oxygen atoms in total. The predicted molar refractivity (Wildman–Crippen MR) is 66.0 cm³/mol. The first-order valence-electron chi connectivity index (χ1n) is 6.30. The van der Waals surface area contributed by atoms with Crippen molar-refractivity contribution in [3.05, 3.63) is 29.3 Å². The fourth-order valence-electron chi connectivity index (χ4n) is 2.01. The summed E-state index contributed by atoms with van der Waals surface area (Å²) in [5, 5.41) is 0. The summed E-state index contributed by atoms with van der Waals surface area (Å²) in [5.74, 6) is 0. The molecule has 23 heavy (non-hydrogen) atoms. The van der Waals surface area contributed by atoms with Gasteiger partial charge in [0, 0.05) is 13.1 Å². The molecule has 0 aromatic heterocycles. The lowest BCUT2D eigenvalue weighted by Gasteiger charge is -2.26. The number of halogens is 6. The zero-order valence-corrected chi connectivity index (χ0v) is 12.2. The summed E-state index contributed by atoms with van der Waals surface area (Å²) in [6.45, 7) is -0.242. The third-order valence-electron chi connectivity index (χ3n) is 3.17. The normalized spacial score (nSPS) is 18.2. The molecule has 0 N–H and O–H groups in total. The van der Waals surface area contributed by atoms with Crippen LogP contribution >= 0.6 is 0 Å². The molecule has 1 heterocycles. The number of alkyl halides is 6. The van der Waals surface area contributed by atoms with E-state index in [0.717, 1.165) is 4.31 Å². The number of rotatable bonds is 2. The summed E-state index contributed by atoms with van der Waals surface area (Å²) in [7, 11) is -4.47. The van der Waals surface area contributed by atoms with Gasteiger partial charge in [-0.05, 0) is 18.2 Å². The molecule has 0 atom stereocenters. The first kappa shape index (κ1) is 18.0. The monoisotopic (exact) mass is 363 g/mol. The lowest BCUT2D eigenvalue weighted by Crippen LogP contribution is -2.40.